The fraction of sp³-hybridized carbons (Fsp3) is 0.182. The molecule has 0 atom stereocenters. The molecule has 2 aromatic rings. The van der Waals surface area contributed by atoms with Gasteiger partial charge in [-0.15, -0.1) is 0 Å². The number of benzene rings is 1. The molecule has 1 aromatic heterocycles. The Bertz CT molecular complexity index is 555. The van der Waals surface area contributed by atoms with Crippen molar-refractivity contribution < 1.29 is 9.32 Å². The Labute approximate surface area is 108 Å². The molecule has 0 aliphatic rings. The number of amides is 1. The number of hydrazine groups is 1. The van der Waals surface area contributed by atoms with Gasteiger partial charge in [-0.2, -0.15) is 4.98 Å². The highest BCUT2D eigenvalue weighted by Gasteiger charge is 2.10. The van der Waals surface area contributed by atoms with E-state index in [2.05, 4.69) is 10.1 Å². The highest BCUT2D eigenvalue weighted by atomic mass is 35.5. The maximum atomic E-state index is 11.0. The Morgan fingerprint density at radius 3 is 3.06 bits per heavy atom. The molecule has 0 saturated heterocycles. The molecule has 0 fully saturated rings. The molecule has 0 spiro atoms. The van der Waals surface area contributed by atoms with E-state index in [4.69, 9.17) is 22.0 Å². The molecule has 7 heteroatoms. The minimum Gasteiger partial charge on any atom is -0.339 e. The SMILES string of the molecule is NNC(=O)CCc1nc(-c2cccc(Cl)c2)no1. The average Bonchev–Trinajstić information content (AvgIpc) is 2.84. The molecule has 0 saturated carbocycles. The summed E-state index contributed by atoms with van der Waals surface area (Å²) in [6.07, 6.45) is 0.546. The number of nitrogens with two attached hydrogens (primary N) is 1. The van der Waals surface area contributed by atoms with Gasteiger partial charge < -0.3 is 4.52 Å². The van der Waals surface area contributed by atoms with Crippen molar-refractivity contribution in [2.45, 2.75) is 12.8 Å². The van der Waals surface area contributed by atoms with Gasteiger partial charge in [-0.3, -0.25) is 10.2 Å². The lowest BCUT2D eigenvalue weighted by Gasteiger charge is -1.95. The first-order valence-corrected chi connectivity index (χ1v) is 5.65. The first kappa shape index (κ1) is 12.5. The summed E-state index contributed by atoms with van der Waals surface area (Å²) >= 11 is 5.87. The minimum atomic E-state index is -0.280. The first-order chi connectivity index (χ1) is 8.69. The summed E-state index contributed by atoms with van der Waals surface area (Å²) in [6, 6.07) is 7.13. The third-order valence-electron chi connectivity index (χ3n) is 2.28. The van der Waals surface area contributed by atoms with Gasteiger partial charge in [0.25, 0.3) is 0 Å². The van der Waals surface area contributed by atoms with Crippen LogP contribution in [0.5, 0.6) is 0 Å². The summed E-state index contributed by atoms with van der Waals surface area (Å²) in [5.74, 6) is 5.52. The second-order valence-electron chi connectivity index (χ2n) is 3.59. The molecule has 94 valence electrons. The number of rotatable bonds is 4. The van der Waals surface area contributed by atoms with E-state index in [0.29, 0.717) is 23.2 Å². The lowest BCUT2D eigenvalue weighted by atomic mass is 10.2. The first-order valence-electron chi connectivity index (χ1n) is 5.27. The van der Waals surface area contributed by atoms with Gasteiger partial charge in [-0.25, -0.2) is 5.84 Å². The number of aryl methyl sites for hydroxylation is 1. The Morgan fingerprint density at radius 2 is 2.33 bits per heavy atom. The van der Waals surface area contributed by atoms with Crippen molar-refractivity contribution in [2.24, 2.45) is 5.84 Å². The maximum absolute atomic E-state index is 11.0. The molecule has 1 amide bonds. The standard InChI is InChI=1S/C11H11ClN4O2/c12-8-3-1-2-7(6-8)11-14-10(18-16-11)5-4-9(17)15-13/h1-3,6H,4-5,13H2,(H,15,17). The number of hydrogen-bond donors (Lipinski definition) is 2. The summed E-state index contributed by atoms with van der Waals surface area (Å²) in [5.41, 5.74) is 2.80. The largest absolute Gasteiger partial charge is 0.339 e. The second-order valence-corrected chi connectivity index (χ2v) is 4.03. The summed E-state index contributed by atoms with van der Waals surface area (Å²) in [7, 11) is 0. The molecule has 6 nitrogen and oxygen atoms in total. The molecule has 0 aliphatic carbocycles. The van der Waals surface area contributed by atoms with E-state index in [0.717, 1.165) is 5.56 Å². The van der Waals surface area contributed by atoms with Crippen LogP contribution in [-0.2, 0) is 11.2 Å². The Kier molecular flexibility index (Phi) is 3.91. The molecule has 3 N–H and O–H groups in total. The Balaban J connectivity index is 2.08. The normalized spacial score (nSPS) is 10.3. The number of carbonyl (C=O) groups is 1. The van der Waals surface area contributed by atoms with Gasteiger partial charge in [0, 0.05) is 23.4 Å². The van der Waals surface area contributed by atoms with Crippen LogP contribution in [0, 0.1) is 0 Å². The van der Waals surface area contributed by atoms with E-state index in [9.17, 15) is 4.79 Å². The van der Waals surface area contributed by atoms with E-state index in [1.807, 2.05) is 11.5 Å². The fourth-order valence-electron chi connectivity index (χ4n) is 1.39. The number of aromatic nitrogens is 2. The van der Waals surface area contributed by atoms with Crippen LogP contribution in [0.25, 0.3) is 11.4 Å². The lowest BCUT2D eigenvalue weighted by Crippen LogP contribution is -2.30. The zero-order valence-corrected chi connectivity index (χ0v) is 10.1. The third-order valence-corrected chi connectivity index (χ3v) is 2.51. The van der Waals surface area contributed by atoms with Gasteiger partial charge >= 0.3 is 0 Å². The summed E-state index contributed by atoms with van der Waals surface area (Å²) < 4.78 is 5.03. The number of carbonyl (C=O) groups excluding carboxylic acids is 1. The number of hydrogen-bond acceptors (Lipinski definition) is 5. The van der Waals surface area contributed by atoms with E-state index in [-0.39, 0.29) is 12.3 Å². The van der Waals surface area contributed by atoms with Crippen molar-refractivity contribution in [2.75, 3.05) is 0 Å². The van der Waals surface area contributed by atoms with E-state index < -0.39 is 0 Å². The van der Waals surface area contributed by atoms with Gasteiger partial charge in [-0.1, -0.05) is 28.9 Å². The van der Waals surface area contributed by atoms with Gasteiger partial charge in [-0.05, 0) is 12.1 Å². The van der Waals surface area contributed by atoms with Crippen LogP contribution >= 0.6 is 11.6 Å². The minimum absolute atomic E-state index is 0.202. The average molecular weight is 267 g/mol. The zero-order valence-electron chi connectivity index (χ0n) is 9.39. The quantitative estimate of drug-likeness (QED) is 0.494. The van der Waals surface area contributed by atoms with Crippen molar-refractivity contribution in [3.8, 4) is 11.4 Å². The van der Waals surface area contributed by atoms with Crippen LogP contribution in [0.4, 0.5) is 0 Å². The highest BCUT2D eigenvalue weighted by Crippen LogP contribution is 2.20. The molecule has 0 unspecified atom stereocenters. The topological polar surface area (TPSA) is 94.0 Å². The van der Waals surface area contributed by atoms with Gasteiger partial charge in [0.15, 0.2) is 0 Å². The van der Waals surface area contributed by atoms with Crippen molar-refractivity contribution in [1.82, 2.24) is 15.6 Å². The predicted molar refractivity (Wildman–Crippen MR) is 65.4 cm³/mol. The van der Waals surface area contributed by atoms with Gasteiger partial charge in [0.2, 0.25) is 17.6 Å². The summed E-state index contributed by atoms with van der Waals surface area (Å²) in [6.45, 7) is 0. The van der Waals surface area contributed by atoms with Crippen LogP contribution in [0.2, 0.25) is 5.02 Å². The maximum Gasteiger partial charge on any atom is 0.234 e. The highest BCUT2D eigenvalue weighted by molar-refractivity contribution is 6.30. The number of nitrogens with zero attached hydrogens (tertiary/aromatic N) is 2. The lowest BCUT2D eigenvalue weighted by molar-refractivity contribution is -0.121. The van der Waals surface area contributed by atoms with Crippen LogP contribution in [0.3, 0.4) is 0 Å². The molecule has 0 bridgehead atoms. The van der Waals surface area contributed by atoms with Crippen molar-refractivity contribution in [3.63, 3.8) is 0 Å². The van der Waals surface area contributed by atoms with Crippen LogP contribution in [0.1, 0.15) is 12.3 Å². The van der Waals surface area contributed by atoms with E-state index in [1.54, 1.807) is 18.2 Å². The summed E-state index contributed by atoms with van der Waals surface area (Å²) in [4.78, 5) is 15.1. The van der Waals surface area contributed by atoms with Crippen LogP contribution in [0.15, 0.2) is 28.8 Å². The predicted octanol–water partition coefficient (Wildman–Crippen LogP) is 1.31. The summed E-state index contributed by atoms with van der Waals surface area (Å²) in [5, 5.41) is 4.42. The monoisotopic (exact) mass is 266 g/mol. The Morgan fingerprint density at radius 1 is 1.50 bits per heavy atom. The second kappa shape index (κ2) is 5.61. The fourth-order valence-corrected chi connectivity index (χ4v) is 1.58. The van der Waals surface area contributed by atoms with Crippen LogP contribution in [-0.4, -0.2) is 16.0 Å². The Hall–Kier alpha value is -1.92. The van der Waals surface area contributed by atoms with Gasteiger partial charge in [0.1, 0.15) is 0 Å². The number of halogens is 1. The molecule has 1 aromatic carbocycles. The molecule has 0 radical (unpaired) electrons. The third kappa shape index (κ3) is 3.06. The van der Waals surface area contributed by atoms with Crippen molar-refractivity contribution >= 4 is 17.5 Å². The van der Waals surface area contributed by atoms with Crippen molar-refractivity contribution in [1.29, 1.82) is 0 Å². The smallest absolute Gasteiger partial charge is 0.234 e. The molecule has 1 heterocycles. The van der Waals surface area contributed by atoms with Crippen molar-refractivity contribution in [3.05, 3.63) is 35.2 Å². The zero-order chi connectivity index (χ0) is 13.0. The number of nitrogens with one attached hydrogen (secondary N) is 1. The van der Waals surface area contributed by atoms with Crippen LogP contribution < -0.4 is 11.3 Å². The molecule has 18 heavy (non-hydrogen) atoms. The van der Waals surface area contributed by atoms with E-state index >= 15 is 0 Å². The van der Waals surface area contributed by atoms with E-state index in [1.165, 1.54) is 0 Å². The van der Waals surface area contributed by atoms with Gasteiger partial charge in [0.05, 0.1) is 0 Å². The molecular weight excluding hydrogens is 256 g/mol. The molecule has 0 aliphatic heterocycles. The molecule has 2 rings (SSSR count). The molecular formula is C11H11ClN4O2.